The summed E-state index contributed by atoms with van der Waals surface area (Å²) in [6.07, 6.45) is 0.0348. The first kappa shape index (κ1) is 11.7. The Morgan fingerprint density at radius 3 is 2.47 bits per heavy atom. The Labute approximate surface area is 88.8 Å². The minimum Gasteiger partial charge on any atom is -0.394 e. The molecule has 1 atom stereocenters. The summed E-state index contributed by atoms with van der Waals surface area (Å²) in [7, 11) is 1.81. The smallest absolute Gasteiger partial charge is 0.150 e. The summed E-state index contributed by atoms with van der Waals surface area (Å²) >= 11 is 0. The van der Waals surface area contributed by atoms with Gasteiger partial charge in [-0.2, -0.15) is 0 Å². The normalized spacial score (nSPS) is 12.2. The molecule has 0 bridgehead atoms. The van der Waals surface area contributed by atoms with Crippen molar-refractivity contribution in [2.75, 3.05) is 25.1 Å². The highest BCUT2D eigenvalue weighted by molar-refractivity contribution is 5.75. The summed E-state index contributed by atoms with van der Waals surface area (Å²) in [5.74, 6) is 0. The van der Waals surface area contributed by atoms with Gasteiger partial charge < -0.3 is 15.1 Å². The predicted molar refractivity (Wildman–Crippen MR) is 58.2 cm³/mol. The molecule has 0 radical (unpaired) electrons. The molecule has 82 valence electrons. The van der Waals surface area contributed by atoms with Crippen LogP contribution in [0, 0.1) is 0 Å². The van der Waals surface area contributed by atoms with E-state index in [1.807, 2.05) is 11.9 Å². The minimum atomic E-state index is -0.749. The van der Waals surface area contributed by atoms with Gasteiger partial charge in [-0.25, -0.2) is 0 Å². The van der Waals surface area contributed by atoms with Crippen LogP contribution < -0.4 is 4.90 Å². The van der Waals surface area contributed by atoms with E-state index in [9.17, 15) is 9.90 Å². The zero-order valence-corrected chi connectivity index (χ0v) is 8.63. The molecule has 1 aromatic rings. The van der Waals surface area contributed by atoms with Crippen LogP contribution in [-0.2, 0) is 0 Å². The molecule has 2 N–H and O–H groups in total. The zero-order chi connectivity index (χ0) is 11.3. The highest BCUT2D eigenvalue weighted by atomic mass is 16.3. The van der Waals surface area contributed by atoms with Crippen LogP contribution in [0.4, 0.5) is 5.69 Å². The van der Waals surface area contributed by atoms with Crippen LogP contribution in [0.1, 0.15) is 10.4 Å². The maximum absolute atomic E-state index is 10.4. The highest BCUT2D eigenvalue weighted by Gasteiger charge is 2.07. The average Bonchev–Trinajstić information content (AvgIpc) is 2.29. The van der Waals surface area contributed by atoms with Gasteiger partial charge in [0, 0.05) is 24.8 Å². The van der Waals surface area contributed by atoms with Crippen molar-refractivity contribution < 1.29 is 15.0 Å². The number of hydrogen-bond acceptors (Lipinski definition) is 4. The number of nitrogens with zero attached hydrogens (tertiary/aromatic N) is 1. The SMILES string of the molecule is CN(CC(O)CO)c1ccc(C=O)cc1. The van der Waals surface area contributed by atoms with Gasteiger partial charge in [-0.1, -0.05) is 0 Å². The first-order valence-electron chi connectivity index (χ1n) is 4.72. The molecule has 0 heterocycles. The van der Waals surface area contributed by atoms with Gasteiger partial charge >= 0.3 is 0 Å². The van der Waals surface area contributed by atoms with Gasteiger partial charge in [-0.3, -0.25) is 4.79 Å². The fourth-order valence-corrected chi connectivity index (χ4v) is 1.29. The third-order valence-corrected chi connectivity index (χ3v) is 2.17. The zero-order valence-electron chi connectivity index (χ0n) is 8.63. The van der Waals surface area contributed by atoms with E-state index in [1.165, 1.54) is 0 Å². The molecular formula is C11H15NO3. The third kappa shape index (κ3) is 3.34. The van der Waals surface area contributed by atoms with Crippen molar-refractivity contribution in [2.24, 2.45) is 0 Å². The van der Waals surface area contributed by atoms with Crippen LogP contribution >= 0.6 is 0 Å². The fraction of sp³-hybridized carbons (Fsp3) is 0.364. The number of carbonyl (C=O) groups excluding carboxylic acids is 1. The van der Waals surface area contributed by atoms with E-state index >= 15 is 0 Å². The number of likely N-dealkylation sites (N-methyl/N-ethyl adjacent to an activating group) is 1. The predicted octanol–water partition coefficient (Wildman–Crippen LogP) is 0.288. The van der Waals surface area contributed by atoms with Gasteiger partial charge in [0.15, 0.2) is 0 Å². The number of hydrogen-bond donors (Lipinski definition) is 2. The minimum absolute atomic E-state index is 0.253. The average molecular weight is 209 g/mol. The maximum Gasteiger partial charge on any atom is 0.150 e. The van der Waals surface area contributed by atoms with Crippen molar-refractivity contribution in [1.29, 1.82) is 0 Å². The van der Waals surface area contributed by atoms with E-state index in [0.29, 0.717) is 12.1 Å². The second kappa shape index (κ2) is 5.48. The summed E-state index contributed by atoms with van der Waals surface area (Å²) in [4.78, 5) is 12.2. The van der Waals surface area contributed by atoms with E-state index in [0.717, 1.165) is 12.0 Å². The number of aliphatic hydroxyl groups excluding tert-OH is 2. The van der Waals surface area contributed by atoms with Gasteiger partial charge in [-0.05, 0) is 24.3 Å². The molecule has 0 amide bonds. The lowest BCUT2D eigenvalue weighted by Gasteiger charge is -2.21. The number of aliphatic hydroxyl groups is 2. The lowest BCUT2D eigenvalue weighted by molar-refractivity contribution is 0.101. The first-order valence-corrected chi connectivity index (χ1v) is 4.72. The molecule has 1 aromatic carbocycles. The van der Waals surface area contributed by atoms with Crippen molar-refractivity contribution in [3.63, 3.8) is 0 Å². The number of rotatable bonds is 5. The molecule has 4 nitrogen and oxygen atoms in total. The Morgan fingerprint density at radius 1 is 1.40 bits per heavy atom. The summed E-state index contributed by atoms with van der Waals surface area (Å²) in [5, 5.41) is 17.9. The lowest BCUT2D eigenvalue weighted by atomic mass is 10.2. The summed E-state index contributed by atoms with van der Waals surface area (Å²) in [5.41, 5.74) is 1.52. The molecule has 1 unspecified atom stereocenters. The largest absolute Gasteiger partial charge is 0.394 e. The van der Waals surface area contributed by atoms with Crippen LogP contribution in [0.15, 0.2) is 24.3 Å². The van der Waals surface area contributed by atoms with Crippen molar-refractivity contribution in [2.45, 2.75) is 6.10 Å². The second-order valence-electron chi connectivity index (χ2n) is 3.43. The van der Waals surface area contributed by atoms with Crippen molar-refractivity contribution >= 4 is 12.0 Å². The van der Waals surface area contributed by atoms with Crippen LogP contribution in [0.2, 0.25) is 0 Å². The van der Waals surface area contributed by atoms with Gasteiger partial charge in [0.2, 0.25) is 0 Å². The number of aldehydes is 1. The molecule has 0 aliphatic carbocycles. The number of anilines is 1. The molecule has 4 heteroatoms. The van der Waals surface area contributed by atoms with E-state index in [4.69, 9.17) is 5.11 Å². The summed E-state index contributed by atoms with van der Waals surface area (Å²) in [6.45, 7) is 0.105. The molecule has 0 spiro atoms. The summed E-state index contributed by atoms with van der Waals surface area (Å²) < 4.78 is 0. The molecule has 0 aliphatic rings. The highest BCUT2D eigenvalue weighted by Crippen LogP contribution is 2.13. The van der Waals surface area contributed by atoms with Crippen molar-refractivity contribution in [3.05, 3.63) is 29.8 Å². The van der Waals surface area contributed by atoms with Gasteiger partial charge in [0.25, 0.3) is 0 Å². The van der Waals surface area contributed by atoms with E-state index in [-0.39, 0.29) is 6.61 Å². The number of carbonyl (C=O) groups is 1. The molecule has 0 aromatic heterocycles. The quantitative estimate of drug-likeness (QED) is 0.684. The standard InChI is InChI=1S/C11H15NO3/c1-12(6-11(15)8-14)10-4-2-9(7-13)3-5-10/h2-5,7,11,14-15H,6,8H2,1H3. The Bertz CT molecular complexity index is 310. The summed E-state index contributed by atoms with van der Waals surface area (Å²) in [6, 6.07) is 7.02. The lowest BCUT2D eigenvalue weighted by Crippen LogP contribution is -2.31. The Hall–Kier alpha value is -1.39. The Kier molecular flexibility index (Phi) is 4.27. The van der Waals surface area contributed by atoms with Crippen LogP contribution in [0.25, 0.3) is 0 Å². The van der Waals surface area contributed by atoms with Crippen molar-refractivity contribution in [3.8, 4) is 0 Å². The van der Waals surface area contributed by atoms with E-state index in [2.05, 4.69) is 0 Å². The molecular weight excluding hydrogens is 194 g/mol. The van der Waals surface area contributed by atoms with E-state index in [1.54, 1.807) is 24.3 Å². The van der Waals surface area contributed by atoms with Gasteiger partial charge in [0.05, 0.1) is 12.7 Å². The molecule has 0 saturated heterocycles. The second-order valence-corrected chi connectivity index (χ2v) is 3.43. The topological polar surface area (TPSA) is 60.8 Å². The third-order valence-electron chi connectivity index (χ3n) is 2.17. The molecule has 15 heavy (non-hydrogen) atoms. The van der Waals surface area contributed by atoms with E-state index < -0.39 is 6.10 Å². The monoisotopic (exact) mass is 209 g/mol. The Morgan fingerprint density at radius 2 is 2.00 bits per heavy atom. The Balaban J connectivity index is 2.65. The van der Waals surface area contributed by atoms with Crippen LogP contribution in [-0.4, -0.2) is 42.8 Å². The molecule has 0 aliphatic heterocycles. The molecule has 0 fully saturated rings. The molecule has 1 rings (SSSR count). The first-order chi connectivity index (χ1) is 7.17. The van der Waals surface area contributed by atoms with Gasteiger partial charge in [-0.15, -0.1) is 0 Å². The number of benzene rings is 1. The van der Waals surface area contributed by atoms with Gasteiger partial charge in [0.1, 0.15) is 6.29 Å². The van der Waals surface area contributed by atoms with Crippen LogP contribution in [0.5, 0.6) is 0 Å². The van der Waals surface area contributed by atoms with Crippen molar-refractivity contribution in [1.82, 2.24) is 0 Å². The van der Waals surface area contributed by atoms with Crippen LogP contribution in [0.3, 0.4) is 0 Å². The maximum atomic E-state index is 10.4. The molecule has 0 saturated carbocycles. The fourth-order valence-electron chi connectivity index (χ4n) is 1.29.